The van der Waals surface area contributed by atoms with Crippen molar-refractivity contribution in [2.24, 2.45) is 5.92 Å². The summed E-state index contributed by atoms with van der Waals surface area (Å²) in [6, 6.07) is 1.88. The molecule has 0 bridgehead atoms. The topological polar surface area (TPSA) is 70.1 Å². The number of aliphatic hydroxyl groups is 1. The maximum atomic E-state index is 8.72. The molecule has 0 amide bonds. The molecule has 0 aromatic carbocycles. The van der Waals surface area contributed by atoms with Crippen molar-refractivity contribution in [2.75, 3.05) is 30.3 Å². The molecule has 1 aliphatic rings. The number of nitrogens with zero attached hydrogens (tertiary/aromatic N) is 2. The van der Waals surface area contributed by atoms with Crippen LogP contribution in [0.2, 0.25) is 0 Å². The number of hydrogen-bond acceptors (Lipinski definition) is 5. The van der Waals surface area contributed by atoms with Crippen molar-refractivity contribution in [1.82, 2.24) is 9.97 Å². The Kier molecular flexibility index (Phi) is 4.55. The second-order valence-corrected chi connectivity index (χ2v) is 4.47. The normalized spacial score (nSPS) is 16.1. The molecule has 0 radical (unpaired) electrons. The van der Waals surface area contributed by atoms with Crippen LogP contribution in [-0.4, -0.2) is 34.8 Å². The molecule has 1 aliphatic carbocycles. The smallest absolute Gasteiger partial charge is 0.131 e. The van der Waals surface area contributed by atoms with Gasteiger partial charge in [0.25, 0.3) is 0 Å². The molecule has 1 saturated carbocycles. The number of hydrogen-bond donors (Lipinski definition) is 3. The first-order valence-corrected chi connectivity index (χ1v) is 6.29. The van der Waals surface area contributed by atoms with Gasteiger partial charge in [0.1, 0.15) is 18.0 Å². The van der Waals surface area contributed by atoms with Gasteiger partial charge >= 0.3 is 0 Å². The molecule has 2 rings (SSSR count). The summed E-state index contributed by atoms with van der Waals surface area (Å²) in [5, 5.41) is 15.1. The van der Waals surface area contributed by atoms with Crippen molar-refractivity contribution in [3.63, 3.8) is 0 Å². The summed E-state index contributed by atoms with van der Waals surface area (Å²) >= 11 is 0. The minimum Gasteiger partial charge on any atom is -0.395 e. The van der Waals surface area contributed by atoms with Crippen LogP contribution in [0.25, 0.3) is 0 Å². The Morgan fingerprint density at radius 3 is 2.59 bits per heavy atom. The lowest BCUT2D eigenvalue weighted by atomic mass is 10.1. The third kappa shape index (κ3) is 3.85. The molecule has 1 aromatic rings. The van der Waals surface area contributed by atoms with E-state index in [9.17, 15) is 0 Å². The Hall–Kier alpha value is -1.36. The van der Waals surface area contributed by atoms with E-state index in [0.29, 0.717) is 6.54 Å². The summed E-state index contributed by atoms with van der Waals surface area (Å²) < 4.78 is 0. The van der Waals surface area contributed by atoms with E-state index in [4.69, 9.17) is 5.11 Å². The zero-order valence-electron chi connectivity index (χ0n) is 10.0. The SMILES string of the molecule is OCCNc1cc(NCC2CCCC2)ncn1. The fourth-order valence-electron chi connectivity index (χ4n) is 2.20. The summed E-state index contributed by atoms with van der Waals surface area (Å²) in [6.07, 6.45) is 6.91. The van der Waals surface area contributed by atoms with E-state index in [1.54, 1.807) is 0 Å². The van der Waals surface area contributed by atoms with Gasteiger partial charge in [-0.15, -0.1) is 0 Å². The number of aromatic nitrogens is 2. The molecule has 5 heteroatoms. The van der Waals surface area contributed by atoms with Crippen LogP contribution in [0.1, 0.15) is 25.7 Å². The number of rotatable bonds is 6. The van der Waals surface area contributed by atoms with Crippen molar-refractivity contribution in [2.45, 2.75) is 25.7 Å². The predicted octanol–water partition coefficient (Wildman–Crippen LogP) is 1.48. The van der Waals surface area contributed by atoms with E-state index in [-0.39, 0.29) is 6.61 Å². The van der Waals surface area contributed by atoms with Crippen LogP contribution >= 0.6 is 0 Å². The summed E-state index contributed by atoms with van der Waals surface area (Å²) in [4.78, 5) is 8.27. The second-order valence-electron chi connectivity index (χ2n) is 4.47. The van der Waals surface area contributed by atoms with E-state index >= 15 is 0 Å². The van der Waals surface area contributed by atoms with Crippen molar-refractivity contribution in [3.8, 4) is 0 Å². The standard InChI is InChI=1S/C12H20N4O/c17-6-5-13-11-7-12(16-9-15-11)14-8-10-3-1-2-4-10/h7,9-10,17H,1-6,8H2,(H2,13,14,15,16). The lowest BCUT2D eigenvalue weighted by Crippen LogP contribution is -2.13. The molecule has 1 heterocycles. The fraction of sp³-hybridized carbons (Fsp3) is 0.667. The van der Waals surface area contributed by atoms with Crippen molar-refractivity contribution in [1.29, 1.82) is 0 Å². The minimum absolute atomic E-state index is 0.106. The quantitative estimate of drug-likeness (QED) is 0.698. The van der Waals surface area contributed by atoms with Crippen LogP contribution in [-0.2, 0) is 0 Å². The van der Waals surface area contributed by atoms with Gasteiger partial charge in [0.2, 0.25) is 0 Å². The zero-order chi connectivity index (χ0) is 11.9. The fourth-order valence-corrected chi connectivity index (χ4v) is 2.20. The molecule has 17 heavy (non-hydrogen) atoms. The molecule has 0 saturated heterocycles. The highest BCUT2D eigenvalue weighted by molar-refractivity contribution is 5.46. The van der Waals surface area contributed by atoms with Crippen molar-refractivity contribution >= 4 is 11.6 Å². The molecule has 0 atom stereocenters. The van der Waals surface area contributed by atoms with Gasteiger partial charge in [-0.25, -0.2) is 9.97 Å². The summed E-state index contributed by atoms with van der Waals surface area (Å²) in [7, 11) is 0. The third-order valence-electron chi connectivity index (χ3n) is 3.13. The Bertz CT molecular complexity index is 339. The van der Waals surface area contributed by atoms with Crippen LogP contribution in [0.4, 0.5) is 11.6 Å². The molecule has 94 valence electrons. The highest BCUT2D eigenvalue weighted by Crippen LogP contribution is 2.24. The van der Waals surface area contributed by atoms with Gasteiger partial charge in [0, 0.05) is 19.2 Å². The summed E-state index contributed by atoms with van der Waals surface area (Å²) in [5.74, 6) is 2.40. The second kappa shape index (κ2) is 6.39. The molecule has 0 unspecified atom stereocenters. The van der Waals surface area contributed by atoms with Crippen LogP contribution < -0.4 is 10.6 Å². The molecule has 1 aromatic heterocycles. The first-order chi connectivity index (χ1) is 8.38. The van der Waals surface area contributed by atoms with Crippen molar-refractivity contribution < 1.29 is 5.11 Å². The van der Waals surface area contributed by atoms with Crippen LogP contribution in [0, 0.1) is 5.92 Å². The maximum absolute atomic E-state index is 8.72. The van der Waals surface area contributed by atoms with E-state index in [0.717, 1.165) is 24.1 Å². The van der Waals surface area contributed by atoms with Crippen LogP contribution in [0.5, 0.6) is 0 Å². The van der Waals surface area contributed by atoms with Crippen molar-refractivity contribution in [3.05, 3.63) is 12.4 Å². The zero-order valence-corrected chi connectivity index (χ0v) is 10.0. The molecule has 3 N–H and O–H groups in total. The third-order valence-corrected chi connectivity index (χ3v) is 3.13. The lowest BCUT2D eigenvalue weighted by molar-refractivity contribution is 0.311. The number of anilines is 2. The first-order valence-electron chi connectivity index (χ1n) is 6.29. The monoisotopic (exact) mass is 236 g/mol. The first kappa shape index (κ1) is 12.1. The van der Waals surface area contributed by atoms with Crippen LogP contribution in [0.3, 0.4) is 0 Å². The molecule has 0 spiro atoms. The average molecular weight is 236 g/mol. The molecule has 1 fully saturated rings. The van der Waals surface area contributed by atoms with Gasteiger partial charge < -0.3 is 15.7 Å². The van der Waals surface area contributed by atoms with Gasteiger partial charge in [0.15, 0.2) is 0 Å². The predicted molar refractivity (Wildman–Crippen MR) is 68.1 cm³/mol. The van der Waals surface area contributed by atoms with Crippen LogP contribution in [0.15, 0.2) is 12.4 Å². The summed E-state index contributed by atoms with van der Waals surface area (Å²) in [5.41, 5.74) is 0. The highest BCUT2D eigenvalue weighted by Gasteiger charge is 2.14. The number of aliphatic hydroxyl groups excluding tert-OH is 1. The lowest BCUT2D eigenvalue weighted by Gasteiger charge is -2.11. The molecule has 0 aliphatic heterocycles. The van der Waals surface area contributed by atoms with Gasteiger partial charge in [-0.2, -0.15) is 0 Å². The largest absolute Gasteiger partial charge is 0.395 e. The van der Waals surface area contributed by atoms with Gasteiger partial charge in [-0.3, -0.25) is 0 Å². The van der Waals surface area contributed by atoms with E-state index in [1.165, 1.54) is 32.0 Å². The molecular formula is C12H20N4O. The molecule has 5 nitrogen and oxygen atoms in total. The Labute approximate surface area is 102 Å². The minimum atomic E-state index is 0.106. The van der Waals surface area contributed by atoms with E-state index in [2.05, 4.69) is 20.6 Å². The Morgan fingerprint density at radius 1 is 1.18 bits per heavy atom. The van der Waals surface area contributed by atoms with Gasteiger partial charge in [0.05, 0.1) is 6.61 Å². The average Bonchev–Trinajstić information content (AvgIpc) is 2.87. The maximum Gasteiger partial charge on any atom is 0.131 e. The molecular weight excluding hydrogens is 216 g/mol. The highest BCUT2D eigenvalue weighted by atomic mass is 16.3. The van der Waals surface area contributed by atoms with Gasteiger partial charge in [-0.05, 0) is 18.8 Å². The Balaban J connectivity index is 1.82. The Morgan fingerprint density at radius 2 is 1.88 bits per heavy atom. The summed E-state index contributed by atoms with van der Waals surface area (Å²) in [6.45, 7) is 1.62. The van der Waals surface area contributed by atoms with E-state index < -0.39 is 0 Å². The van der Waals surface area contributed by atoms with E-state index in [1.807, 2.05) is 6.07 Å². The van der Waals surface area contributed by atoms with Gasteiger partial charge in [-0.1, -0.05) is 12.8 Å². The number of nitrogens with one attached hydrogen (secondary N) is 2.